The number of ether oxygens (including phenoxy) is 2. The third-order valence-electron chi connectivity index (χ3n) is 4.99. The highest BCUT2D eigenvalue weighted by atomic mass is 16.7. The van der Waals surface area contributed by atoms with E-state index in [0.29, 0.717) is 36.4 Å². The second-order valence-electron chi connectivity index (χ2n) is 7.73. The van der Waals surface area contributed by atoms with Gasteiger partial charge in [-0.2, -0.15) is 0 Å². The number of amides is 2. The van der Waals surface area contributed by atoms with Gasteiger partial charge in [0.15, 0.2) is 0 Å². The summed E-state index contributed by atoms with van der Waals surface area (Å²) in [5.74, 6) is 0.000623. The largest absolute Gasteiger partial charge is 0.513 e. The Morgan fingerprint density at radius 2 is 1.62 bits per heavy atom. The summed E-state index contributed by atoms with van der Waals surface area (Å²) >= 11 is 0. The number of anilines is 1. The fraction of sp³-hybridized carbons (Fsp3) is 0.222. The van der Waals surface area contributed by atoms with Gasteiger partial charge in [-0.25, -0.2) is 4.79 Å². The molecular formula is C27H28N2O5. The highest BCUT2D eigenvalue weighted by Crippen LogP contribution is 2.14. The van der Waals surface area contributed by atoms with Gasteiger partial charge in [0.2, 0.25) is 5.91 Å². The first-order chi connectivity index (χ1) is 16.4. The topological polar surface area (TPSA) is 93.7 Å². The Bertz CT molecular complexity index is 1120. The van der Waals surface area contributed by atoms with Crippen molar-refractivity contribution in [3.63, 3.8) is 0 Å². The van der Waals surface area contributed by atoms with Crippen LogP contribution < -0.4 is 15.4 Å². The average Bonchev–Trinajstić information content (AvgIpc) is 2.83. The number of hydrogen-bond donors (Lipinski definition) is 2. The van der Waals surface area contributed by atoms with E-state index in [1.165, 1.54) is 17.7 Å². The Morgan fingerprint density at radius 3 is 2.29 bits per heavy atom. The van der Waals surface area contributed by atoms with E-state index in [1.807, 2.05) is 49.4 Å². The van der Waals surface area contributed by atoms with E-state index in [4.69, 9.17) is 9.47 Å². The Hall–Kier alpha value is -4.13. The number of carbonyl (C=O) groups excluding carboxylic acids is 3. The van der Waals surface area contributed by atoms with Crippen molar-refractivity contribution >= 4 is 23.7 Å². The summed E-state index contributed by atoms with van der Waals surface area (Å²) in [4.78, 5) is 35.9. The molecule has 176 valence electrons. The molecule has 2 N–H and O–H groups in total. The van der Waals surface area contributed by atoms with Gasteiger partial charge in [0.1, 0.15) is 5.75 Å². The molecule has 3 aromatic rings. The first-order valence-electron chi connectivity index (χ1n) is 11.1. The summed E-state index contributed by atoms with van der Waals surface area (Å²) in [5, 5.41) is 5.74. The molecule has 0 saturated heterocycles. The van der Waals surface area contributed by atoms with Crippen LogP contribution in [0.2, 0.25) is 0 Å². The molecule has 0 bridgehead atoms. The number of aryl methyl sites for hydroxylation is 2. The van der Waals surface area contributed by atoms with Gasteiger partial charge in [-0.3, -0.25) is 9.59 Å². The lowest BCUT2D eigenvalue weighted by Crippen LogP contribution is -2.22. The monoisotopic (exact) mass is 460 g/mol. The van der Waals surface area contributed by atoms with Gasteiger partial charge in [-0.05, 0) is 67.8 Å². The molecular weight excluding hydrogens is 432 g/mol. The van der Waals surface area contributed by atoms with Crippen molar-refractivity contribution in [1.82, 2.24) is 5.32 Å². The third-order valence-corrected chi connectivity index (χ3v) is 4.99. The molecule has 2 amide bonds. The zero-order valence-electron chi connectivity index (χ0n) is 19.3. The summed E-state index contributed by atoms with van der Waals surface area (Å²) in [6, 6.07) is 21.7. The van der Waals surface area contributed by atoms with Crippen molar-refractivity contribution in [2.75, 3.05) is 11.9 Å². The summed E-state index contributed by atoms with van der Waals surface area (Å²) in [6.45, 7) is 4.28. The fourth-order valence-electron chi connectivity index (χ4n) is 3.26. The Morgan fingerprint density at radius 1 is 0.882 bits per heavy atom. The standard InChI is InChI=1S/C27H28N2O5/c1-3-33-27(32)34-24-14-10-22(11-15-24)26(31)28-18-21-7-12-23(13-8-21)29-25(30)16-9-20-6-4-5-19(2)17-20/h4-8,10-15,17H,3,9,16,18H2,1-2H3,(H,28,31)(H,29,30). The van der Waals surface area contributed by atoms with Crippen LogP contribution in [-0.4, -0.2) is 24.6 Å². The van der Waals surface area contributed by atoms with Crippen LogP contribution >= 0.6 is 0 Å². The van der Waals surface area contributed by atoms with Gasteiger partial charge in [-0.15, -0.1) is 0 Å². The van der Waals surface area contributed by atoms with Gasteiger partial charge < -0.3 is 20.1 Å². The number of hydrogen-bond acceptors (Lipinski definition) is 5. The molecule has 0 radical (unpaired) electrons. The lowest BCUT2D eigenvalue weighted by Gasteiger charge is -2.09. The zero-order chi connectivity index (χ0) is 24.3. The summed E-state index contributed by atoms with van der Waals surface area (Å²) in [5.41, 5.74) is 4.37. The average molecular weight is 461 g/mol. The second kappa shape index (κ2) is 12.2. The summed E-state index contributed by atoms with van der Waals surface area (Å²) in [7, 11) is 0. The molecule has 0 unspecified atom stereocenters. The van der Waals surface area contributed by atoms with E-state index in [9.17, 15) is 14.4 Å². The summed E-state index contributed by atoms with van der Waals surface area (Å²) < 4.78 is 9.69. The van der Waals surface area contributed by atoms with Crippen LogP contribution in [0.3, 0.4) is 0 Å². The predicted molar refractivity (Wildman–Crippen MR) is 130 cm³/mol. The SMILES string of the molecule is CCOC(=O)Oc1ccc(C(=O)NCc2ccc(NC(=O)CCc3cccc(C)c3)cc2)cc1. The maximum Gasteiger partial charge on any atom is 0.513 e. The Labute approximate surface area is 199 Å². The summed E-state index contributed by atoms with van der Waals surface area (Å²) in [6.07, 6.45) is 0.309. The smallest absolute Gasteiger partial charge is 0.434 e. The highest BCUT2D eigenvalue weighted by molar-refractivity contribution is 5.94. The zero-order valence-corrected chi connectivity index (χ0v) is 19.3. The minimum absolute atomic E-state index is 0.0436. The third kappa shape index (κ3) is 7.78. The minimum Gasteiger partial charge on any atom is -0.434 e. The van der Waals surface area contributed by atoms with Crippen LogP contribution in [0.25, 0.3) is 0 Å². The quantitative estimate of drug-likeness (QED) is 0.345. The maximum atomic E-state index is 12.4. The maximum absolute atomic E-state index is 12.4. The number of nitrogens with one attached hydrogen (secondary N) is 2. The van der Waals surface area contributed by atoms with E-state index in [1.54, 1.807) is 19.1 Å². The van der Waals surface area contributed by atoms with E-state index in [2.05, 4.69) is 16.7 Å². The molecule has 0 fully saturated rings. The second-order valence-corrected chi connectivity index (χ2v) is 7.73. The first kappa shape index (κ1) is 24.5. The Kier molecular flexibility index (Phi) is 8.80. The van der Waals surface area contributed by atoms with Crippen molar-refractivity contribution in [3.05, 3.63) is 95.1 Å². The molecule has 0 aliphatic heterocycles. The van der Waals surface area contributed by atoms with Crippen molar-refractivity contribution in [3.8, 4) is 5.75 Å². The van der Waals surface area contributed by atoms with Crippen LogP contribution in [0, 0.1) is 6.92 Å². The van der Waals surface area contributed by atoms with Gasteiger partial charge in [0, 0.05) is 24.2 Å². The molecule has 7 heteroatoms. The van der Waals surface area contributed by atoms with E-state index in [-0.39, 0.29) is 18.4 Å². The fourth-order valence-corrected chi connectivity index (χ4v) is 3.26. The Balaban J connectivity index is 1.43. The van der Waals surface area contributed by atoms with Gasteiger partial charge >= 0.3 is 6.16 Å². The molecule has 3 aromatic carbocycles. The molecule has 0 aliphatic carbocycles. The number of benzene rings is 3. The molecule has 0 aromatic heterocycles. The van der Waals surface area contributed by atoms with Crippen molar-refractivity contribution < 1.29 is 23.9 Å². The molecule has 34 heavy (non-hydrogen) atoms. The van der Waals surface area contributed by atoms with Crippen molar-refractivity contribution in [1.29, 1.82) is 0 Å². The van der Waals surface area contributed by atoms with Gasteiger partial charge in [-0.1, -0.05) is 42.0 Å². The van der Waals surface area contributed by atoms with Crippen LogP contribution in [0.1, 0.15) is 40.4 Å². The number of rotatable bonds is 9. The lowest BCUT2D eigenvalue weighted by atomic mass is 10.1. The molecule has 0 heterocycles. The van der Waals surface area contributed by atoms with Crippen LogP contribution in [0.4, 0.5) is 10.5 Å². The molecule has 7 nitrogen and oxygen atoms in total. The highest BCUT2D eigenvalue weighted by Gasteiger charge is 2.09. The lowest BCUT2D eigenvalue weighted by molar-refractivity contribution is -0.116. The molecule has 0 saturated carbocycles. The van der Waals surface area contributed by atoms with Crippen LogP contribution in [0.15, 0.2) is 72.8 Å². The number of carbonyl (C=O) groups is 3. The normalized spacial score (nSPS) is 10.3. The van der Waals surface area contributed by atoms with E-state index >= 15 is 0 Å². The van der Waals surface area contributed by atoms with Crippen molar-refractivity contribution in [2.24, 2.45) is 0 Å². The first-order valence-corrected chi connectivity index (χ1v) is 11.1. The van der Waals surface area contributed by atoms with E-state index in [0.717, 1.165) is 11.1 Å². The minimum atomic E-state index is -0.786. The molecule has 3 rings (SSSR count). The van der Waals surface area contributed by atoms with Gasteiger partial charge in [0.05, 0.1) is 6.61 Å². The van der Waals surface area contributed by atoms with E-state index < -0.39 is 6.16 Å². The van der Waals surface area contributed by atoms with Crippen molar-refractivity contribution in [2.45, 2.75) is 33.2 Å². The van der Waals surface area contributed by atoms with Crippen LogP contribution in [0.5, 0.6) is 5.75 Å². The van der Waals surface area contributed by atoms with Gasteiger partial charge in [0.25, 0.3) is 5.91 Å². The molecule has 0 atom stereocenters. The predicted octanol–water partition coefficient (Wildman–Crippen LogP) is 5.03. The molecule has 0 spiro atoms. The van der Waals surface area contributed by atoms with Crippen LogP contribution in [-0.2, 0) is 22.5 Å². The molecule has 0 aliphatic rings.